The minimum absolute atomic E-state index is 0.325. The molecule has 0 aromatic carbocycles. The third-order valence-corrected chi connectivity index (χ3v) is 2.57. The Bertz CT molecular complexity index is 306. The number of ether oxygens (including phenoxy) is 1. The fourth-order valence-corrected chi connectivity index (χ4v) is 1.52. The predicted octanol–water partition coefficient (Wildman–Crippen LogP) is -0.0588. The second-order valence-electron chi connectivity index (χ2n) is 4.26. The molecule has 0 unspecified atom stereocenters. The first-order valence-corrected chi connectivity index (χ1v) is 4.82. The van der Waals surface area contributed by atoms with E-state index in [0.717, 1.165) is 32.0 Å². The molecule has 1 aliphatic rings. The zero-order valence-electron chi connectivity index (χ0n) is 8.66. The summed E-state index contributed by atoms with van der Waals surface area (Å²) in [5.41, 5.74) is 1.43. The topological polar surface area (TPSA) is 52.0 Å². The maximum atomic E-state index is 5.18. The second kappa shape index (κ2) is 3.67. The lowest BCUT2D eigenvalue weighted by atomic mass is 9.89. The number of nitrogens with zero attached hydrogens (tertiary/aromatic N) is 3. The summed E-state index contributed by atoms with van der Waals surface area (Å²) in [6.45, 7) is 5.76. The molecular weight excluding hydrogens is 180 g/mol. The van der Waals surface area contributed by atoms with Gasteiger partial charge in [-0.3, -0.25) is 4.68 Å². The minimum Gasteiger partial charge on any atom is -0.380 e. The van der Waals surface area contributed by atoms with Crippen LogP contribution < -0.4 is 5.32 Å². The summed E-state index contributed by atoms with van der Waals surface area (Å²) < 4.78 is 6.96. The van der Waals surface area contributed by atoms with Crippen molar-refractivity contribution in [3.63, 3.8) is 0 Å². The van der Waals surface area contributed by atoms with Crippen molar-refractivity contribution in [2.75, 3.05) is 19.8 Å². The Morgan fingerprint density at radius 1 is 1.64 bits per heavy atom. The Labute approximate surface area is 83.4 Å². The molecule has 0 radical (unpaired) electrons. The largest absolute Gasteiger partial charge is 0.380 e. The fraction of sp³-hybridized carbons (Fsp3) is 0.778. The van der Waals surface area contributed by atoms with Crippen molar-refractivity contribution in [1.82, 2.24) is 20.3 Å². The van der Waals surface area contributed by atoms with Crippen LogP contribution in [0.25, 0.3) is 0 Å². The van der Waals surface area contributed by atoms with Gasteiger partial charge in [-0.05, 0) is 0 Å². The first-order chi connectivity index (χ1) is 6.70. The fourth-order valence-electron chi connectivity index (χ4n) is 1.52. The molecule has 14 heavy (non-hydrogen) atoms. The maximum Gasteiger partial charge on any atom is 0.0738 e. The van der Waals surface area contributed by atoms with E-state index >= 15 is 0 Å². The van der Waals surface area contributed by atoms with Crippen molar-refractivity contribution in [3.05, 3.63) is 11.9 Å². The third-order valence-electron chi connectivity index (χ3n) is 2.57. The molecule has 0 aliphatic carbocycles. The Balaban J connectivity index is 1.75. The molecule has 2 rings (SSSR count). The first-order valence-electron chi connectivity index (χ1n) is 4.82. The quantitative estimate of drug-likeness (QED) is 0.733. The molecule has 1 N–H and O–H groups in total. The van der Waals surface area contributed by atoms with E-state index in [1.165, 1.54) is 0 Å². The Morgan fingerprint density at radius 2 is 2.43 bits per heavy atom. The zero-order valence-corrected chi connectivity index (χ0v) is 8.66. The zero-order chi connectivity index (χ0) is 10.0. The van der Waals surface area contributed by atoms with Gasteiger partial charge in [0.25, 0.3) is 0 Å². The molecule has 1 aliphatic heterocycles. The Hall–Kier alpha value is -0.940. The average Bonchev–Trinajstić information content (AvgIpc) is 2.49. The van der Waals surface area contributed by atoms with Crippen LogP contribution in [0.1, 0.15) is 12.6 Å². The van der Waals surface area contributed by atoms with Gasteiger partial charge in [0.05, 0.1) is 25.1 Å². The normalized spacial score (nSPS) is 19.3. The SMILES string of the molecule is Cn1nncc1CNCC1(C)COC1. The van der Waals surface area contributed by atoms with E-state index in [9.17, 15) is 0 Å². The minimum atomic E-state index is 0.325. The number of aromatic nitrogens is 3. The molecule has 0 atom stereocenters. The van der Waals surface area contributed by atoms with Gasteiger partial charge in [0.1, 0.15) is 0 Å². The molecule has 1 aromatic heterocycles. The van der Waals surface area contributed by atoms with Crippen LogP contribution in [0.15, 0.2) is 6.20 Å². The highest BCUT2D eigenvalue weighted by Gasteiger charge is 2.32. The standard InChI is InChI=1S/C9H16N4O/c1-9(6-14-7-9)5-10-3-8-4-11-12-13(8)2/h4,10H,3,5-7H2,1-2H3. The second-order valence-corrected chi connectivity index (χ2v) is 4.26. The van der Waals surface area contributed by atoms with Crippen LogP contribution in [-0.2, 0) is 18.3 Å². The van der Waals surface area contributed by atoms with E-state index in [1.807, 2.05) is 7.05 Å². The van der Waals surface area contributed by atoms with Gasteiger partial charge in [0, 0.05) is 25.6 Å². The van der Waals surface area contributed by atoms with Crippen LogP contribution in [0.5, 0.6) is 0 Å². The van der Waals surface area contributed by atoms with E-state index in [2.05, 4.69) is 22.6 Å². The number of rotatable bonds is 4. The maximum absolute atomic E-state index is 5.18. The summed E-state index contributed by atoms with van der Waals surface area (Å²) in [5.74, 6) is 0. The van der Waals surface area contributed by atoms with Crippen LogP contribution in [0, 0.1) is 5.41 Å². The third kappa shape index (κ3) is 1.93. The smallest absolute Gasteiger partial charge is 0.0738 e. The number of hydrogen-bond acceptors (Lipinski definition) is 4. The highest BCUT2D eigenvalue weighted by Crippen LogP contribution is 2.25. The van der Waals surface area contributed by atoms with Crippen LogP contribution >= 0.6 is 0 Å². The molecule has 5 heteroatoms. The summed E-state index contributed by atoms with van der Waals surface area (Å²) in [6, 6.07) is 0. The lowest BCUT2D eigenvalue weighted by Crippen LogP contribution is -2.47. The molecule has 0 saturated carbocycles. The number of hydrogen-bond donors (Lipinski definition) is 1. The van der Waals surface area contributed by atoms with E-state index < -0.39 is 0 Å². The number of nitrogens with one attached hydrogen (secondary N) is 1. The summed E-state index contributed by atoms with van der Waals surface area (Å²) in [4.78, 5) is 0. The molecular formula is C9H16N4O. The predicted molar refractivity (Wildman–Crippen MR) is 51.6 cm³/mol. The van der Waals surface area contributed by atoms with Gasteiger partial charge in [-0.1, -0.05) is 12.1 Å². The summed E-state index contributed by atoms with van der Waals surface area (Å²) in [5, 5.41) is 11.1. The van der Waals surface area contributed by atoms with Crippen LogP contribution in [-0.4, -0.2) is 34.8 Å². The van der Waals surface area contributed by atoms with Crippen molar-refractivity contribution >= 4 is 0 Å². The van der Waals surface area contributed by atoms with Crippen molar-refractivity contribution in [2.45, 2.75) is 13.5 Å². The molecule has 0 amide bonds. The molecule has 5 nitrogen and oxygen atoms in total. The average molecular weight is 196 g/mol. The Morgan fingerprint density at radius 3 is 2.93 bits per heavy atom. The summed E-state index contributed by atoms with van der Waals surface area (Å²) >= 11 is 0. The van der Waals surface area contributed by atoms with E-state index in [-0.39, 0.29) is 0 Å². The molecule has 1 fully saturated rings. The van der Waals surface area contributed by atoms with Gasteiger partial charge in [-0.2, -0.15) is 0 Å². The van der Waals surface area contributed by atoms with Gasteiger partial charge in [-0.15, -0.1) is 5.10 Å². The van der Waals surface area contributed by atoms with E-state index in [0.29, 0.717) is 5.41 Å². The lowest BCUT2D eigenvalue weighted by molar-refractivity contribution is -0.0992. The molecule has 1 saturated heterocycles. The van der Waals surface area contributed by atoms with Crippen LogP contribution in [0.3, 0.4) is 0 Å². The van der Waals surface area contributed by atoms with E-state index in [1.54, 1.807) is 10.9 Å². The van der Waals surface area contributed by atoms with Gasteiger partial charge < -0.3 is 10.1 Å². The molecule has 78 valence electrons. The summed E-state index contributed by atoms with van der Waals surface area (Å²) in [6.07, 6.45) is 1.78. The van der Waals surface area contributed by atoms with Crippen molar-refractivity contribution in [1.29, 1.82) is 0 Å². The van der Waals surface area contributed by atoms with Gasteiger partial charge in [-0.25, -0.2) is 0 Å². The highest BCUT2D eigenvalue weighted by atomic mass is 16.5. The van der Waals surface area contributed by atoms with Crippen molar-refractivity contribution < 1.29 is 4.74 Å². The van der Waals surface area contributed by atoms with Gasteiger partial charge >= 0.3 is 0 Å². The van der Waals surface area contributed by atoms with Gasteiger partial charge in [0.2, 0.25) is 0 Å². The van der Waals surface area contributed by atoms with E-state index in [4.69, 9.17) is 4.74 Å². The molecule has 0 bridgehead atoms. The summed E-state index contributed by atoms with van der Waals surface area (Å²) in [7, 11) is 1.90. The van der Waals surface area contributed by atoms with Crippen LogP contribution in [0.4, 0.5) is 0 Å². The monoisotopic (exact) mass is 196 g/mol. The lowest BCUT2D eigenvalue weighted by Gasteiger charge is -2.38. The van der Waals surface area contributed by atoms with Crippen molar-refractivity contribution in [3.8, 4) is 0 Å². The number of aryl methyl sites for hydroxylation is 1. The molecule has 1 aromatic rings. The molecule has 2 heterocycles. The highest BCUT2D eigenvalue weighted by molar-refractivity contribution is 4.93. The first kappa shape index (κ1) is 9.61. The molecule has 0 spiro atoms. The Kier molecular flexibility index (Phi) is 2.52. The van der Waals surface area contributed by atoms with Gasteiger partial charge in [0.15, 0.2) is 0 Å². The van der Waals surface area contributed by atoms with Crippen LogP contribution in [0.2, 0.25) is 0 Å². The van der Waals surface area contributed by atoms with Crippen molar-refractivity contribution in [2.24, 2.45) is 12.5 Å².